The van der Waals surface area contributed by atoms with E-state index in [1.807, 2.05) is 0 Å². The van der Waals surface area contributed by atoms with Crippen LogP contribution in [-0.4, -0.2) is 55.6 Å². The molecule has 0 aliphatic carbocycles. The minimum absolute atomic E-state index is 0.601. The van der Waals surface area contributed by atoms with Gasteiger partial charge in [0.25, 0.3) is 0 Å². The van der Waals surface area contributed by atoms with Crippen molar-refractivity contribution < 1.29 is 0 Å². The van der Waals surface area contributed by atoms with E-state index in [0.717, 1.165) is 32.7 Å². The first-order valence-electron chi connectivity index (χ1n) is 5.32. The summed E-state index contributed by atoms with van der Waals surface area (Å²) in [5.74, 6) is 0. The Hall–Kier alpha value is -0.770. The summed E-state index contributed by atoms with van der Waals surface area (Å²) in [4.78, 5) is 7.60. The Morgan fingerprint density at radius 3 is 2.21 bits per heavy atom. The molecule has 0 aromatic rings. The Morgan fingerprint density at radius 1 is 1.14 bits per heavy atom. The maximum Gasteiger partial charge on any atom is 0.0385 e. The molecule has 1 saturated heterocycles. The topological polar surface area (TPSA) is 55.2 Å². The number of nitrogens with zero attached hydrogens (tertiary/aromatic N) is 5. The van der Waals surface area contributed by atoms with Gasteiger partial charge in [-0.05, 0) is 18.5 Å². The average Bonchev–Trinajstić information content (AvgIpc) is 2.21. The molecule has 0 radical (unpaired) electrons. The highest BCUT2D eigenvalue weighted by Gasteiger charge is 2.14. The van der Waals surface area contributed by atoms with E-state index < -0.39 is 0 Å². The third-order valence-electron chi connectivity index (χ3n) is 2.58. The van der Waals surface area contributed by atoms with E-state index in [0.29, 0.717) is 6.54 Å². The van der Waals surface area contributed by atoms with Gasteiger partial charge in [0, 0.05) is 44.2 Å². The normalized spacial score (nSPS) is 19.2. The second-order valence-corrected chi connectivity index (χ2v) is 3.64. The number of hydrogen-bond acceptors (Lipinski definition) is 3. The van der Waals surface area contributed by atoms with Crippen molar-refractivity contribution in [2.24, 2.45) is 5.11 Å². The van der Waals surface area contributed by atoms with Crippen LogP contribution in [0.1, 0.15) is 13.3 Å². The summed E-state index contributed by atoms with van der Waals surface area (Å²) in [5.41, 5.74) is 8.14. The van der Waals surface area contributed by atoms with E-state index in [-0.39, 0.29) is 0 Å². The Labute approximate surface area is 85.3 Å². The molecule has 1 aliphatic rings. The first-order valence-corrected chi connectivity index (χ1v) is 5.32. The number of azide groups is 1. The third kappa shape index (κ3) is 3.96. The van der Waals surface area contributed by atoms with Crippen molar-refractivity contribution in [1.29, 1.82) is 0 Å². The van der Waals surface area contributed by atoms with Gasteiger partial charge in [0.05, 0.1) is 0 Å². The van der Waals surface area contributed by atoms with Crippen LogP contribution >= 0.6 is 0 Å². The van der Waals surface area contributed by atoms with Gasteiger partial charge in [-0.15, -0.1) is 0 Å². The largest absolute Gasteiger partial charge is 0.301 e. The maximum atomic E-state index is 8.14. The monoisotopic (exact) mass is 197 g/mol. The summed E-state index contributed by atoms with van der Waals surface area (Å²) in [6.07, 6.45) is 1.23. The molecule has 1 rings (SSSR count). The lowest BCUT2D eigenvalue weighted by Crippen LogP contribution is -2.47. The second-order valence-electron chi connectivity index (χ2n) is 3.64. The summed E-state index contributed by atoms with van der Waals surface area (Å²) in [5, 5.41) is 3.55. The zero-order valence-corrected chi connectivity index (χ0v) is 8.89. The molecule has 0 aromatic carbocycles. The van der Waals surface area contributed by atoms with E-state index in [4.69, 9.17) is 5.53 Å². The zero-order valence-electron chi connectivity index (χ0n) is 8.89. The fraction of sp³-hybridized carbons (Fsp3) is 1.00. The van der Waals surface area contributed by atoms with Crippen molar-refractivity contribution in [3.05, 3.63) is 10.4 Å². The van der Waals surface area contributed by atoms with E-state index in [2.05, 4.69) is 26.7 Å². The van der Waals surface area contributed by atoms with Crippen LogP contribution in [0.4, 0.5) is 0 Å². The van der Waals surface area contributed by atoms with Crippen LogP contribution in [0.5, 0.6) is 0 Å². The standard InChI is InChI=1S/C9H19N5/c1-2-4-13-6-8-14(9-7-13)5-3-11-12-10/h2-9H2,1H3. The summed E-state index contributed by atoms with van der Waals surface area (Å²) in [7, 11) is 0. The van der Waals surface area contributed by atoms with Crippen LogP contribution in [0.25, 0.3) is 10.4 Å². The summed E-state index contributed by atoms with van der Waals surface area (Å²) >= 11 is 0. The van der Waals surface area contributed by atoms with Crippen molar-refractivity contribution in [2.75, 3.05) is 45.8 Å². The molecule has 80 valence electrons. The smallest absolute Gasteiger partial charge is 0.0385 e. The van der Waals surface area contributed by atoms with Gasteiger partial charge in [-0.1, -0.05) is 12.0 Å². The molecule has 5 heteroatoms. The number of rotatable bonds is 5. The van der Waals surface area contributed by atoms with Crippen LogP contribution in [0, 0.1) is 0 Å². The fourth-order valence-electron chi connectivity index (χ4n) is 1.78. The lowest BCUT2D eigenvalue weighted by atomic mass is 10.3. The highest BCUT2D eigenvalue weighted by molar-refractivity contribution is 4.71. The molecule has 0 saturated carbocycles. The van der Waals surface area contributed by atoms with E-state index >= 15 is 0 Å². The van der Waals surface area contributed by atoms with Gasteiger partial charge in [-0.3, -0.25) is 0 Å². The Bertz CT molecular complexity index is 191. The van der Waals surface area contributed by atoms with Crippen molar-refractivity contribution >= 4 is 0 Å². The minimum Gasteiger partial charge on any atom is -0.301 e. The van der Waals surface area contributed by atoms with E-state index in [1.165, 1.54) is 13.0 Å². The van der Waals surface area contributed by atoms with Crippen molar-refractivity contribution in [3.63, 3.8) is 0 Å². The molecule has 1 fully saturated rings. The molecule has 0 amide bonds. The predicted octanol–water partition coefficient (Wildman–Crippen LogP) is 1.32. The van der Waals surface area contributed by atoms with Gasteiger partial charge in [0.15, 0.2) is 0 Å². The van der Waals surface area contributed by atoms with Crippen LogP contribution in [0.2, 0.25) is 0 Å². The van der Waals surface area contributed by atoms with Crippen LogP contribution in [0.3, 0.4) is 0 Å². The number of hydrogen-bond donors (Lipinski definition) is 0. The van der Waals surface area contributed by atoms with E-state index in [9.17, 15) is 0 Å². The van der Waals surface area contributed by atoms with Gasteiger partial charge < -0.3 is 9.80 Å². The summed E-state index contributed by atoms with van der Waals surface area (Å²) in [6, 6.07) is 0. The molecule has 0 unspecified atom stereocenters. The van der Waals surface area contributed by atoms with Gasteiger partial charge in [-0.2, -0.15) is 0 Å². The van der Waals surface area contributed by atoms with Crippen molar-refractivity contribution in [3.8, 4) is 0 Å². The fourth-order valence-corrected chi connectivity index (χ4v) is 1.78. The molecule has 1 aliphatic heterocycles. The van der Waals surface area contributed by atoms with Crippen LogP contribution in [-0.2, 0) is 0 Å². The molecule has 0 spiro atoms. The quantitative estimate of drug-likeness (QED) is 0.379. The highest BCUT2D eigenvalue weighted by Crippen LogP contribution is 2.01. The average molecular weight is 197 g/mol. The SMILES string of the molecule is CCCN1CCN(CCN=[N+]=[N-])CC1. The lowest BCUT2D eigenvalue weighted by Gasteiger charge is -2.34. The molecule has 0 bridgehead atoms. The molecule has 14 heavy (non-hydrogen) atoms. The van der Waals surface area contributed by atoms with Gasteiger partial charge in [-0.25, -0.2) is 0 Å². The number of piperazine rings is 1. The van der Waals surface area contributed by atoms with Crippen LogP contribution < -0.4 is 0 Å². The Balaban J connectivity index is 2.12. The summed E-state index contributed by atoms with van der Waals surface area (Å²) < 4.78 is 0. The Morgan fingerprint density at radius 2 is 1.71 bits per heavy atom. The van der Waals surface area contributed by atoms with Crippen molar-refractivity contribution in [2.45, 2.75) is 13.3 Å². The molecule has 1 heterocycles. The molecule has 5 nitrogen and oxygen atoms in total. The molecule has 0 aromatic heterocycles. The second kappa shape index (κ2) is 6.65. The highest BCUT2D eigenvalue weighted by atomic mass is 15.3. The predicted molar refractivity (Wildman–Crippen MR) is 57.2 cm³/mol. The Kier molecular flexibility index (Phi) is 5.37. The first kappa shape index (κ1) is 11.3. The van der Waals surface area contributed by atoms with Gasteiger partial charge in [0.2, 0.25) is 0 Å². The molecule has 0 N–H and O–H groups in total. The molecular weight excluding hydrogens is 178 g/mol. The molecule has 0 atom stereocenters. The van der Waals surface area contributed by atoms with Gasteiger partial charge >= 0.3 is 0 Å². The van der Waals surface area contributed by atoms with Gasteiger partial charge in [0.1, 0.15) is 0 Å². The third-order valence-corrected chi connectivity index (χ3v) is 2.58. The van der Waals surface area contributed by atoms with Crippen LogP contribution in [0.15, 0.2) is 5.11 Å². The summed E-state index contributed by atoms with van der Waals surface area (Å²) in [6.45, 7) is 9.47. The first-order chi connectivity index (χ1) is 6.86. The molecular formula is C9H19N5. The zero-order chi connectivity index (χ0) is 10.2. The minimum atomic E-state index is 0.601. The maximum absolute atomic E-state index is 8.14. The van der Waals surface area contributed by atoms with E-state index in [1.54, 1.807) is 0 Å². The lowest BCUT2D eigenvalue weighted by molar-refractivity contribution is 0.135. The van der Waals surface area contributed by atoms with Crippen molar-refractivity contribution in [1.82, 2.24) is 9.80 Å².